The summed E-state index contributed by atoms with van der Waals surface area (Å²) in [5, 5.41) is 0. The normalized spacial score (nSPS) is 15.9. The number of esters is 1. The van der Waals surface area contributed by atoms with Gasteiger partial charge in [-0.3, -0.25) is 0 Å². The van der Waals surface area contributed by atoms with Crippen molar-refractivity contribution in [3.63, 3.8) is 0 Å². The van der Waals surface area contributed by atoms with Crippen LogP contribution < -0.4 is 5.73 Å². The molecule has 0 aromatic carbocycles. The molecule has 7 heteroatoms. The van der Waals surface area contributed by atoms with Crippen LogP contribution in [0.5, 0.6) is 0 Å². The molecule has 0 aromatic heterocycles. The van der Waals surface area contributed by atoms with Gasteiger partial charge in [0.2, 0.25) is 5.54 Å². The zero-order chi connectivity index (χ0) is 12.1. The third-order valence-corrected chi connectivity index (χ3v) is 1.74. The zero-order valence-electron chi connectivity index (χ0n) is 8.56. The number of rotatable bonds is 5. The first-order valence-electron chi connectivity index (χ1n) is 4.25. The van der Waals surface area contributed by atoms with Crippen molar-refractivity contribution in [1.82, 2.24) is 0 Å². The lowest BCUT2D eigenvalue weighted by Crippen LogP contribution is -2.57. The summed E-state index contributed by atoms with van der Waals surface area (Å²) in [4.78, 5) is 11.0. The fourth-order valence-electron chi connectivity index (χ4n) is 0.634. The number of halogens is 3. The van der Waals surface area contributed by atoms with Gasteiger partial charge in [-0.25, -0.2) is 4.79 Å². The van der Waals surface area contributed by atoms with Crippen molar-refractivity contribution in [1.29, 1.82) is 0 Å². The van der Waals surface area contributed by atoms with Gasteiger partial charge in [-0.2, -0.15) is 13.2 Å². The number of alkyl halides is 3. The number of hydrogen-bond donors (Lipinski definition) is 1. The predicted molar refractivity (Wildman–Crippen MR) is 46.1 cm³/mol. The minimum absolute atomic E-state index is 0.143. The molecule has 0 fully saturated rings. The standard InChI is InChI=1S/C8H14F3NO3/c1-7(12,8(9,10)11)6(13)15-5-3-4-14-2/h3-5,12H2,1-2H3. The SMILES string of the molecule is COCCCOC(=O)C(C)(N)C(F)(F)F. The number of carbonyl (C=O) groups is 1. The second-order valence-electron chi connectivity index (χ2n) is 3.18. The van der Waals surface area contributed by atoms with E-state index in [0.29, 0.717) is 20.0 Å². The second-order valence-corrected chi connectivity index (χ2v) is 3.18. The smallest absolute Gasteiger partial charge is 0.416 e. The molecule has 0 saturated heterocycles. The van der Waals surface area contributed by atoms with Crippen LogP contribution in [0.25, 0.3) is 0 Å². The molecule has 0 aliphatic rings. The van der Waals surface area contributed by atoms with Crippen molar-refractivity contribution < 1.29 is 27.4 Å². The Morgan fingerprint density at radius 2 is 1.87 bits per heavy atom. The van der Waals surface area contributed by atoms with Crippen molar-refractivity contribution in [3.05, 3.63) is 0 Å². The molecule has 0 amide bonds. The van der Waals surface area contributed by atoms with Gasteiger partial charge in [-0.15, -0.1) is 0 Å². The van der Waals surface area contributed by atoms with Gasteiger partial charge in [0.1, 0.15) is 0 Å². The third-order valence-electron chi connectivity index (χ3n) is 1.74. The van der Waals surface area contributed by atoms with Crippen molar-refractivity contribution in [3.8, 4) is 0 Å². The van der Waals surface area contributed by atoms with Crippen molar-refractivity contribution >= 4 is 5.97 Å². The molecule has 1 atom stereocenters. The lowest BCUT2D eigenvalue weighted by Gasteiger charge is -2.24. The van der Waals surface area contributed by atoms with E-state index in [1.807, 2.05) is 0 Å². The molecule has 0 rings (SSSR count). The molecule has 2 N–H and O–H groups in total. The van der Waals surface area contributed by atoms with E-state index in [4.69, 9.17) is 5.73 Å². The number of hydrogen-bond acceptors (Lipinski definition) is 4. The van der Waals surface area contributed by atoms with Crippen molar-refractivity contribution in [2.24, 2.45) is 5.73 Å². The first-order chi connectivity index (χ1) is 6.73. The Morgan fingerprint density at radius 3 is 2.27 bits per heavy atom. The fourth-order valence-corrected chi connectivity index (χ4v) is 0.634. The number of nitrogens with two attached hydrogens (primary N) is 1. The third kappa shape index (κ3) is 4.05. The lowest BCUT2D eigenvalue weighted by molar-refractivity contribution is -0.202. The maximum absolute atomic E-state index is 12.2. The minimum Gasteiger partial charge on any atom is -0.464 e. The van der Waals surface area contributed by atoms with Gasteiger partial charge < -0.3 is 15.2 Å². The van der Waals surface area contributed by atoms with Gasteiger partial charge in [0.15, 0.2) is 0 Å². The van der Waals surface area contributed by atoms with Crippen LogP contribution in [-0.2, 0) is 14.3 Å². The van der Waals surface area contributed by atoms with Crippen LogP contribution in [0, 0.1) is 0 Å². The van der Waals surface area contributed by atoms with E-state index in [-0.39, 0.29) is 6.61 Å². The molecule has 0 spiro atoms. The molecule has 0 radical (unpaired) electrons. The van der Waals surface area contributed by atoms with Crippen molar-refractivity contribution in [2.45, 2.75) is 25.1 Å². The summed E-state index contributed by atoms with van der Waals surface area (Å²) in [5.74, 6) is -1.48. The maximum Gasteiger partial charge on any atom is 0.416 e. The van der Waals surface area contributed by atoms with E-state index in [1.54, 1.807) is 0 Å². The van der Waals surface area contributed by atoms with E-state index in [0.717, 1.165) is 0 Å². The van der Waals surface area contributed by atoms with Gasteiger partial charge in [0.05, 0.1) is 6.61 Å². The molecule has 0 aromatic rings. The zero-order valence-corrected chi connectivity index (χ0v) is 8.56. The van der Waals surface area contributed by atoms with Crippen LogP contribution in [0.1, 0.15) is 13.3 Å². The Hall–Kier alpha value is -0.820. The fraction of sp³-hybridized carbons (Fsp3) is 0.875. The van der Waals surface area contributed by atoms with Crippen molar-refractivity contribution in [2.75, 3.05) is 20.3 Å². The number of carbonyl (C=O) groups excluding carboxylic acids is 1. The monoisotopic (exact) mass is 229 g/mol. The molecular weight excluding hydrogens is 215 g/mol. The van der Waals surface area contributed by atoms with Gasteiger partial charge in [-0.05, 0) is 6.92 Å². The maximum atomic E-state index is 12.2. The number of ether oxygens (including phenoxy) is 2. The van der Waals surface area contributed by atoms with Crippen LogP contribution in [0.4, 0.5) is 13.2 Å². The van der Waals surface area contributed by atoms with Crippen LogP contribution in [0.2, 0.25) is 0 Å². The summed E-state index contributed by atoms with van der Waals surface area (Å²) in [6, 6.07) is 0. The van der Waals surface area contributed by atoms with E-state index < -0.39 is 17.7 Å². The highest BCUT2D eigenvalue weighted by Gasteiger charge is 2.55. The first-order valence-corrected chi connectivity index (χ1v) is 4.25. The van der Waals surface area contributed by atoms with E-state index in [2.05, 4.69) is 9.47 Å². The topological polar surface area (TPSA) is 61.5 Å². The van der Waals surface area contributed by atoms with E-state index >= 15 is 0 Å². The molecule has 1 unspecified atom stereocenters. The Kier molecular flexibility index (Phi) is 5.02. The lowest BCUT2D eigenvalue weighted by atomic mass is 10.0. The van der Waals surface area contributed by atoms with E-state index in [1.165, 1.54) is 7.11 Å². The molecular formula is C8H14F3NO3. The average molecular weight is 229 g/mol. The highest BCUT2D eigenvalue weighted by Crippen LogP contribution is 2.28. The summed E-state index contributed by atoms with van der Waals surface area (Å²) >= 11 is 0. The summed E-state index contributed by atoms with van der Waals surface area (Å²) < 4.78 is 45.6. The molecule has 0 aliphatic heterocycles. The Bertz CT molecular complexity index is 216. The first kappa shape index (κ1) is 14.2. The molecule has 0 heterocycles. The van der Waals surface area contributed by atoms with Gasteiger partial charge in [-0.1, -0.05) is 0 Å². The molecule has 0 bridgehead atoms. The van der Waals surface area contributed by atoms with Gasteiger partial charge >= 0.3 is 12.1 Å². The second kappa shape index (κ2) is 5.32. The van der Waals surface area contributed by atoms with Crippen LogP contribution >= 0.6 is 0 Å². The molecule has 90 valence electrons. The largest absolute Gasteiger partial charge is 0.464 e. The minimum atomic E-state index is -4.81. The van der Waals surface area contributed by atoms with Crippen LogP contribution in [-0.4, -0.2) is 38.0 Å². The Labute approximate surface area is 85.5 Å². The predicted octanol–water partition coefficient (Wildman–Crippen LogP) is 0.846. The average Bonchev–Trinajstić information content (AvgIpc) is 2.10. The summed E-state index contributed by atoms with van der Waals surface area (Å²) in [7, 11) is 1.44. The molecule has 4 nitrogen and oxygen atoms in total. The molecule has 0 aliphatic carbocycles. The van der Waals surface area contributed by atoms with Gasteiger partial charge in [0.25, 0.3) is 0 Å². The number of methoxy groups -OCH3 is 1. The summed E-state index contributed by atoms with van der Waals surface area (Å²) in [5.41, 5.74) is 1.86. The molecule has 0 saturated carbocycles. The quantitative estimate of drug-likeness (QED) is 0.560. The highest BCUT2D eigenvalue weighted by molar-refractivity contribution is 5.81. The van der Waals surface area contributed by atoms with Crippen LogP contribution in [0.3, 0.4) is 0 Å². The highest BCUT2D eigenvalue weighted by atomic mass is 19.4. The van der Waals surface area contributed by atoms with E-state index in [9.17, 15) is 18.0 Å². The molecule has 15 heavy (non-hydrogen) atoms. The van der Waals surface area contributed by atoms with Crippen LogP contribution in [0.15, 0.2) is 0 Å². The summed E-state index contributed by atoms with van der Waals surface area (Å²) in [6.45, 7) is 0.738. The Balaban J connectivity index is 4.10. The Morgan fingerprint density at radius 1 is 1.33 bits per heavy atom. The van der Waals surface area contributed by atoms with Gasteiger partial charge in [0, 0.05) is 20.1 Å². The summed E-state index contributed by atoms with van der Waals surface area (Å²) in [6.07, 6.45) is -4.48.